The minimum Gasteiger partial charge on any atom is -0.480 e. The van der Waals surface area contributed by atoms with Crippen molar-refractivity contribution >= 4 is 12.9 Å². The van der Waals surface area contributed by atoms with Crippen molar-refractivity contribution in [1.82, 2.24) is 10.2 Å². The number of hydrogen-bond acceptors (Lipinski definition) is 5. The Balaban J connectivity index is 2.10. The van der Waals surface area contributed by atoms with Crippen LogP contribution in [0, 0.1) is 5.41 Å². The van der Waals surface area contributed by atoms with E-state index >= 15 is 0 Å². The summed E-state index contributed by atoms with van der Waals surface area (Å²) in [6.07, 6.45) is 3.36. The van der Waals surface area contributed by atoms with Crippen molar-refractivity contribution in [2.45, 2.75) is 44.5 Å². The number of rotatable bonds is 7. The number of carboxylic acids is 1. The van der Waals surface area contributed by atoms with Gasteiger partial charge in [-0.25, -0.2) is 0 Å². The van der Waals surface area contributed by atoms with Gasteiger partial charge >= 0.3 is 5.97 Å². The quantitative estimate of drug-likeness (QED) is 0.468. The molecule has 0 aromatic rings. The lowest BCUT2D eigenvalue weighted by Crippen LogP contribution is -2.46. The predicted molar refractivity (Wildman–Crippen MR) is 78.8 cm³/mol. The van der Waals surface area contributed by atoms with E-state index in [1.54, 1.807) is 6.82 Å². The summed E-state index contributed by atoms with van der Waals surface area (Å²) in [5.74, 6) is -0.751. The molecule has 2 fully saturated rings. The minimum atomic E-state index is -0.751. The lowest BCUT2D eigenvalue weighted by molar-refractivity contribution is -0.142. The molecule has 0 unspecified atom stereocenters. The second-order valence-electron chi connectivity index (χ2n) is 6.24. The predicted octanol–water partition coefficient (Wildman–Crippen LogP) is -0.544. The van der Waals surface area contributed by atoms with Gasteiger partial charge in [0.25, 0.3) is 6.92 Å². The highest BCUT2D eigenvalue weighted by Crippen LogP contribution is 2.47. The van der Waals surface area contributed by atoms with Crippen LogP contribution >= 0.6 is 0 Å². The first-order chi connectivity index (χ1) is 9.51. The summed E-state index contributed by atoms with van der Waals surface area (Å²) in [5, 5.41) is 22.1. The third-order valence-corrected chi connectivity index (χ3v) is 4.99. The highest BCUT2D eigenvalue weighted by atomic mass is 16.4. The van der Waals surface area contributed by atoms with E-state index in [0.29, 0.717) is 6.54 Å². The summed E-state index contributed by atoms with van der Waals surface area (Å²) in [6, 6.07) is -0.203. The van der Waals surface area contributed by atoms with E-state index in [1.165, 1.54) is 0 Å². The number of nitrogens with two attached hydrogens (primary N) is 1. The van der Waals surface area contributed by atoms with Gasteiger partial charge in [0, 0.05) is 31.1 Å². The normalized spacial score (nSPS) is 33.4. The Kier molecular flexibility index (Phi) is 5.07. The van der Waals surface area contributed by atoms with Crippen LogP contribution < -0.4 is 11.1 Å². The Morgan fingerprint density at radius 3 is 2.95 bits per heavy atom. The zero-order valence-corrected chi connectivity index (χ0v) is 12.2. The van der Waals surface area contributed by atoms with E-state index in [4.69, 9.17) is 5.73 Å². The summed E-state index contributed by atoms with van der Waals surface area (Å²) in [4.78, 5) is 13.9. The lowest BCUT2D eigenvalue weighted by atomic mass is 9.64. The molecule has 2 rings (SSSR count). The van der Waals surface area contributed by atoms with Gasteiger partial charge in [-0.1, -0.05) is 13.2 Å². The number of aliphatic carboxylic acids is 1. The van der Waals surface area contributed by atoms with E-state index in [9.17, 15) is 14.9 Å². The average Bonchev–Trinajstić information content (AvgIpc) is 2.87. The zero-order chi connectivity index (χ0) is 14.8. The van der Waals surface area contributed by atoms with Gasteiger partial charge in [-0.2, -0.15) is 0 Å². The molecule has 20 heavy (non-hydrogen) atoms. The van der Waals surface area contributed by atoms with Gasteiger partial charge in [0.05, 0.1) is 0 Å². The van der Waals surface area contributed by atoms with Crippen molar-refractivity contribution in [2.24, 2.45) is 11.1 Å². The molecule has 2 aliphatic rings. The molecular formula is C13H26BN3O3. The third-order valence-electron chi connectivity index (χ3n) is 4.99. The van der Waals surface area contributed by atoms with Gasteiger partial charge in [0.2, 0.25) is 0 Å². The van der Waals surface area contributed by atoms with Crippen LogP contribution in [-0.2, 0) is 4.79 Å². The minimum absolute atomic E-state index is 0.199. The van der Waals surface area contributed by atoms with Crippen LogP contribution in [0.2, 0.25) is 13.1 Å². The van der Waals surface area contributed by atoms with E-state index in [-0.39, 0.29) is 18.4 Å². The molecule has 7 heteroatoms. The molecule has 0 aromatic heterocycles. The van der Waals surface area contributed by atoms with E-state index in [1.807, 2.05) is 0 Å². The summed E-state index contributed by atoms with van der Waals surface area (Å²) < 4.78 is 0. The van der Waals surface area contributed by atoms with Crippen LogP contribution in [0.15, 0.2) is 0 Å². The second kappa shape index (κ2) is 6.43. The standard InChI is InChI=1S/C13H26BN3O3/c1-14(20)5-2-3-13-4-7-17(8-6-15)10(13)9-16-11(13)12(18)19/h10-11,16,20H,2-9,15H2,1H3,(H,18,19)/t10-,11+,13-/m0/s1. The first kappa shape index (κ1) is 15.8. The summed E-state index contributed by atoms with van der Waals surface area (Å²) >= 11 is 0. The van der Waals surface area contributed by atoms with Crippen molar-refractivity contribution < 1.29 is 14.9 Å². The fraction of sp³-hybridized carbons (Fsp3) is 0.923. The molecule has 6 nitrogen and oxygen atoms in total. The Labute approximate surface area is 120 Å². The van der Waals surface area contributed by atoms with Crippen molar-refractivity contribution in [3.8, 4) is 0 Å². The number of carboxylic acid groups (broad SMARTS) is 1. The number of nitrogens with one attached hydrogen (secondary N) is 1. The van der Waals surface area contributed by atoms with Gasteiger partial charge in [-0.05, 0) is 25.7 Å². The Hall–Kier alpha value is -0.625. The fourth-order valence-corrected chi connectivity index (χ4v) is 4.07. The molecule has 0 bridgehead atoms. The maximum atomic E-state index is 11.6. The molecule has 0 saturated carbocycles. The highest BCUT2D eigenvalue weighted by Gasteiger charge is 2.57. The van der Waals surface area contributed by atoms with Gasteiger partial charge in [-0.15, -0.1) is 0 Å². The Bertz CT molecular complexity index is 356. The lowest BCUT2D eigenvalue weighted by Gasteiger charge is -2.34. The SMILES string of the molecule is CB(O)CCC[C@]12CCN(CCN)[C@H]1CN[C@@H]2C(=O)O. The van der Waals surface area contributed by atoms with E-state index in [2.05, 4.69) is 10.2 Å². The van der Waals surface area contributed by atoms with E-state index in [0.717, 1.165) is 45.2 Å². The van der Waals surface area contributed by atoms with Gasteiger partial charge < -0.3 is 21.2 Å². The average molecular weight is 283 g/mol. The maximum absolute atomic E-state index is 11.6. The first-order valence-corrected chi connectivity index (χ1v) is 7.59. The zero-order valence-electron chi connectivity index (χ0n) is 12.2. The number of likely N-dealkylation sites (tertiary alicyclic amines) is 1. The molecule has 0 radical (unpaired) electrons. The van der Waals surface area contributed by atoms with E-state index < -0.39 is 12.0 Å². The summed E-state index contributed by atoms with van der Waals surface area (Å²) in [7, 11) is 0. The Morgan fingerprint density at radius 1 is 1.60 bits per heavy atom. The van der Waals surface area contributed by atoms with Crippen molar-refractivity contribution in [2.75, 3.05) is 26.2 Å². The molecule has 5 N–H and O–H groups in total. The van der Waals surface area contributed by atoms with Crippen molar-refractivity contribution in [3.05, 3.63) is 0 Å². The van der Waals surface area contributed by atoms with Gasteiger partial charge in [0.15, 0.2) is 0 Å². The number of carbonyl (C=O) groups is 1. The third kappa shape index (κ3) is 2.86. The van der Waals surface area contributed by atoms with Crippen molar-refractivity contribution in [1.29, 1.82) is 0 Å². The molecule has 0 aliphatic carbocycles. The molecule has 114 valence electrons. The molecule has 0 spiro atoms. The van der Waals surface area contributed by atoms with Crippen LogP contribution in [0.5, 0.6) is 0 Å². The first-order valence-electron chi connectivity index (χ1n) is 7.59. The topological polar surface area (TPSA) is 98.8 Å². The number of hydrogen-bond donors (Lipinski definition) is 4. The van der Waals surface area contributed by atoms with Crippen molar-refractivity contribution in [3.63, 3.8) is 0 Å². The monoisotopic (exact) mass is 283 g/mol. The van der Waals surface area contributed by atoms with Gasteiger partial charge in [0.1, 0.15) is 6.04 Å². The molecule has 2 saturated heterocycles. The molecule has 0 amide bonds. The molecule has 3 atom stereocenters. The Morgan fingerprint density at radius 2 is 2.35 bits per heavy atom. The van der Waals surface area contributed by atoms with Crippen LogP contribution in [-0.4, -0.2) is 66.2 Å². The molecule has 2 heterocycles. The summed E-state index contributed by atoms with van der Waals surface area (Å²) in [5.41, 5.74) is 5.46. The largest absolute Gasteiger partial charge is 0.480 e. The van der Waals surface area contributed by atoms with Crippen LogP contribution in [0.3, 0.4) is 0 Å². The fourth-order valence-electron chi connectivity index (χ4n) is 4.07. The second-order valence-corrected chi connectivity index (χ2v) is 6.24. The van der Waals surface area contributed by atoms with Crippen LogP contribution in [0.25, 0.3) is 0 Å². The highest BCUT2D eigenvalue weighted by molar-refractivity contribution is 6.48. The van der Waals surface area contributed by atoms with Crippen LogP contribution in [0.4, 0.5) is 0 Å². The number of nitrogens with zero attached hydrogens (tertiary/aromatic N) is 1. The van der Waals surface area contributed by atoms with Crippen LogP contribution in [0.1, 0.15) is 19.3 Å². The number of fused-ring (bicyclic) bond motifs is 1. The molecule has 0 aromatic carbocycles. The molecular weight excluding hydrogens is 257 g/mol. The smallest absolute Gasteiger partial charge is 0.321 e. The molecule has 2 aliphatic heterocycles. The maximum Gasteiger partial charge on any atom is 0.321 e. The summed E-state index contributed by atoms with van der Waals surface area (Å²) in [6.45, 7) is 4.57. The van der Waals surface area contributed by atoms with Gasteiger partial charge in [-0.3, -0.25) is 9.69 Å².